The third kappa shape index (κ3) is 4.16. The van der Waals surface area contributed by atoms with Crippen molar-refractivity contribution in [2.75, 3.05) is 5.73 Å². The van der Waals surface area contributed by atoms with E-state index in [-0.39, 0.29) is 17.3 Å². The van der Waals surface area contributed by atoms with Crippen LogP contribution >= 0.6 is 0 Å². The molecule has 0 bridgehead atoms. The topological polar surface area (TPSA) is 136 Å². The monoisotopic (exact) mass is 372 g/mol. The molecule has 0 aliphatic heterocycles. The van der Waals surface area contributed by atoms with Crippen molar-refractivity contribution >= 4 is 23.6 Å². The molecule has 0 spiro atoms. The fourth-order valence-electron chi connectivity index (χ4n) is 2.62. The maximum Gasteiger partial charge on any atom is 0.176 e. The SMILES string of the molecule is N=C(N)c1c(-c2ccc(Oc3ccccc3)cc2)cnc(N=CC=CN)c1N. The van der Waals surface area contributed by atoms with Gasteiger partial charge >= 0.3 is 0 Å². The number of hydrogen-bond acceptors (Lipinski definition) is 6. The molecule has 3 rings (SSSR count). The third-order valence-corrected chi connectivity index (χ3v) is 3.90. The number of pyridine rings is 1. The van der Waals surface area contributed by atoms with Crippen molar-refractivity contribution in [3.05, 3.63) is 78.6 Å². The minimum Gasteiger partial charge on any atom is -0.457 e. The van der Waals surface area contributed by atoms with Crippen LogP contribution in [0, 0.1) is 5.41 Å². The second-order valence-corrected chi connectivity index (χ2v) is 5.80. The van der Waals surface area contributed by atoms with Gasteiger partial charge in [0.25, 0.3) is 0 Å². The van der Waals surface area contributed by atoms with Gasteiger partial charge in [-0.1, -0.05) is 30.3 Å². The first-order valence-electron chi connectivity index (χ1n) is 8.47. The number of rotatable bonds is 6. The van der Waals surface area contributed by atoms with Crippen molar-refractivity contribution in [2.45, 2.75) is 0 Å². The molecule has 1 aromatic heterocycles. The Morgan fingerprint density at radius 1 is 1.04 bits per heavy atom. The van der Waals surface area contributed by atoms with Crippen LogP contribution in [0.3, 0.4) is 0 Å². The summed E-state index contributed by atoms with van der Waals surface area (Å²) in [4.78, 5) is 8.41. The summed E-state index contributed by atoms with van der Waals surface area (Å²) in [5.41, 5.74) is 19.3. The summed E-state index contributed by atoms with van der Waals surface area (Å²) in [6.07, 6.45) is 5.96. The van der Waals surface area contributed by atoms with Gasteiger partial charge in [-0.05, 0) is 42.1 Å². The van der Waals surface area contributed by atoms with Gasteiger partial charge in [-0.2, -0.15) is 0 Å². The summed E-state index contributed by atoms with van der Waals surface area (Å²) in [6.45, 7) is 0. The second-order valence-electron chi connectivity index (χ2n) is 5.80. The molecular weight excluding hydrogens is 352 g/mol. The second kappa shape index (κ2) is 8.50. The number of hydrogen-bond donors (Lipinski definition) is 4. The van der Waals surface area contributed by atoms with E-state index in [2.05, 4.69) is 9.98 Å². The van der Waals surface area contributed by atoms with Crippen molar-refractivity contribution in [3.8, 4) is 22.6 Å². The molecule has 7 heteroatoms. The van der Waals surface area contributed by atoms with Crippen LogP contribution in [0.4, 0.5) is 11.5 Å². The number of para-hydroxylation sites is 1. The molecule has 0 aliphatic rings. The van der Waals surface area contributed by atoms with Crippen molar-refractivity contribution < 1.29 is 4.74 Å². The number of aliphatic imine (C=N–C) groups is 1. The number of allylic oxidation sites excluding steroid dienone is 1. The van der Waals surface area contributed by atoms with E-state index in [1.807, 2.05) is 54.6 Å². The zero-order valence-electron chi connectivity index (χ0n) is 15.0. The number of ether oxygens (including phenoxy) is 1. The van der Waals surface area contributed by atoms with E-state index in [0.29, 0.717) is 16.9 Å². The van der Waals surface area contributed by atoms with Crippen molar-refractivity contribution in [1.82, 2.24) is 4.98 Å². The van der Waals surface area contributed by atoms with E-state index < -0.39 is 0 Å². The third-order valence-electron chi connectivity index (χ3n) is 3.90. The predicted molar refractivity (Wildman–Crippen MR) is 113 cm³/mol. The zero-order valence-corrected chi connectivity index (χ0v) is 15.0. The van der Waals surface area contributed by atoms with Crippen molar-refractivity contribution in [3.63, 3.8) is 0 Å². The van der Waals surface area contributed by atoms with E-state index in [1.165, 1.54) is 12.4 Å². The number of nitrogens with two attached hydrogens (primary N) is 3. The maximum atomic E-state index is 7.93. The van der Waals surface area contributed by atoms with Crippen LogP contribution in [0.5, 0.6) is 11.5 Å². The Morgan fingerprint density at radius 2 is 1.71 bits per heavy atom. The standard InChI is InChI=1S/C21H20N6O/c22-11-4-12-26-21-19(23)18(20(24)25)17(13-27-21)14-7-9-16(10-8-14)28-15-5-2-1-3-6-15/h1-13H,22-23H2,(H3,24,25). The summed E-state index contributed by atoms with van der Waals surface area (Å²) in [5, 5.41) is 7.93. The normalized spacial score (nSPS) is 11.1. The zero-order chi connectivity index (χ0) is 19.9. The highest BCUT2D eigenvalue weighted by Crippen LogP contribution is 2.33. The van der Waals surface area contributed by atoms with Crippen LogP contribution in [-0.2, 0) is 0 Å². The quantitative estimate of drug-likeness (QED) is 0.387. The number of aromatic nitrogens is 1. The minimum atomic E-state index is -0.162. The predicted octanol–water partition coefficient (Wildman–Crippen LogP) is 3.58. The number of benzene rings is 2. The van der Waals surface area contributed by atoms with Gasteiger partial charge in [0.1, 0.15) is 17.3 Å². The van der Waals surface area contributed by atoms with E-state index in [9.17, 15) is 0 Å². The Labute approximate surface area is 162 Å². The lowest BCUT2D eigenvalue weighted by Gasteiger charge is -2.13. The first kappa shape index (κ1) is 18.7. The maximum absolute atomic E-state index is 7.93. The van der Waals surface area contributed by atoms with Gasteiger partial charge in [-0.15, -0.1) is 0 Å². The first-order valence-corrected chi connectivity index (χ1v) is 8.47. The first-order chi connectivity index (χ1) is 13.6. The van der Waals surface area contributed by atoms with Gasteiger partial charge < -0.3 is 21.9 Å². The summed E-state index contributed by atoms with van der Waals surface area (Å²) < 4.78 is 5.80. The molecule has 28 heavy (non-hydrogen) atoms. The van der Waals surface area contributed by atoms with Crippen LogP contribution in [-0.4, -0.2) is 17.0 Å². The Morgan fingerprint density at radius 3 is 2.36 bits per heavy atom. The molecule has 0 radical (unpaired) electrons. The Kier molecular flexibility index (Phi) is 5.66. The van der Waals surface area contributed by atoms with E-state index >= 15 is 0 Å². The molecule has 0 atom stereocenters. The van der Waals surface area contributed by atoms with Crippen molar-refractivity contribution in [1.29, 1.82) is 5.41 Å². The lowest BCUT2D eigenvalue weighted by Crippen LogP contribution is -2.15. The number of nitrogen functional groups attached to an aromatic ring is 2. The van der Waals surface area contributed by atoms with Crippen LogP contribution < -0.4 is 21.9 Å². The van der Waals surface area contributed by atoms with Gasteiger partial charge in [0.05, 0.1) is 11.3 Å². The van der Waals surface area contributed by atoms with Crippen LogP contribution in [0.1, 0.15) is 5.56 Å². The molecular formula is C21H20N6O. The molecule has 0 amide bonds. The molecule has 7 N–H and O–H groups in total. The number of nitrogens with one attached hydrogen (secondary N) is 1. The fourth-order valence-corrected chi connectivity index (χ4v) is 2.62. The van der Waals surface area contributed by atoms with E-state index in [1.54, 1.807) is 12.3 Å². The summed E-state index contributed by atoms with van der Waals surface area (Å²) >= 11 is 0. The van der Waals surface area contributed by atoms with Crippen LogP contribution in [0.2, 0.25) is 0 Å². The highest BCUT2D eigenvalue weighted by Gasteiger charge is 2.16. The van der Waals surface area contributed by atoms with Crippen molar-refractivity contribution in [2.24, 2.45) is 16.5 Å². The van der Waals surface area contributed by atoms with Gasteiger partial charge in [0.2, 0.25) is 0 Å². The molecule has 2 aromatic carbocycles. The molecule has 0 aliphatic carbocycles. The van der Waals surface area contributed by atoms with E-state index in [0.717, 1.165) is 11.3 Å². The molecule has 1 heterocycles. The Bertz CT molecular complexity index is 1030. The van der Waals surface area contributed by atoms with Gasteiger partial charge in [-0.25, -0.2) is 9.98 Å². The average Bonchev–Trinajstić information content (AvgIpc) is 2.70. The molecule has 7 nitrogen and oxygen atoms in total. The number of amidine groups is 1. The molecule has 140 valence electrons. The molecule has 0 unspecified atom stereocenters. The lowest BCUT2D eigenvalue weighted by molar-refractivity contribution is 0.483. The van der Waals surface area contributed by atoms with Gasteiger partial charge in [0.15, 0.2) is 5.82 Å². The summed E-state index contributed by atoms with van der Waals surface area (Å²) in [6, 6.07) is 16.9. The lowest BCUT2D eigenvalue weighted by atomic mass is 9.99. The largest absolute Gasteiger partial charge is 0.457 e. The van der Waals surface area contributed by atoms with Gasteiger partial charge in [0, 0.05) is 18.0 Å². The molecule has 0 saturated heterocycles. The van der Waals surface area contributed by atoms with E-state index in [4.69, 9.17) is 27.3 Å². The smallest absolute Gasteiger partial charge is 0.176 e. The van der Waals surface area contributed by atoms with Crippen LogP contribution in [0.15, 0.2) is 78.1 Å². The minimum absolute atomic E-state index is 0.162. The Balaban J connectivity index is 1.94. The fraction of sp³-hybridized carbons (Fsp3) is 0. The number of anilines is 1. The molecule has 0 fully saturated rings. The highest BCUT2D eigenvalue weighted by atomic mass is 16.5. The molecule has 3 aromatic rings. The average molecular weight is 372 g/mol. The summed E-state index contributed by atoms with van der Waals surface area (Å²) in [5.74, 6) is 1.55. The summed E-state index contributed by atoms with van der Waals surface area (Å²) in [7, 11) is 0. The van der Waals surface area contributed by atoms with Gasteiger partial charge in [-0.3, -0.25) is 5.41 Å². The van der Waals surface area contributed by atoms with Crippen LogP contribution in [0.25, 0.3) is 11.1 Å². The number of nitrogens with zero attached hydrogens (tertiary/aromatic N) is 2. The Hall–Kier alpha value is -4.13. The molecule has 0 saturated carbocycles. The highest BCUT2D eigenvalue weighted by molar-refractivity contribution is 6.07.